The number of nitrogens with zero attached hydrogens (tertiary/aromatic N) is 7. The molecule has 11 nitrogen and oxygen atoms in total. The summed E-state index contributed by atoms with van der Waals surface area (Å²) in [6.07, 6.45) is 10.3. The standard InChI is InChI=1S/C44H27N7O4/c1-6-28(24-30(8-1)54-42-36-10-3-18-45-38(36)16-22-47-42)52-32-12-14-34-35-15-13-33(27-41(35)51(40(34)26-32)44-49-20-5-21-50-44)53-29-7-2-9-31(25-29)55-43-37-11-4-19-46-39(37)17-23-48-43/h1-27H. The quantitative estimate of drug-likeness (QED) is 0.143. The Kier molecular flexibility index (Phi) is 7.84. The number of hydrogen-bond donors (Lipinski definition) is 0. The number of fused-ring (bicyclic) bond motifs is 5. The molecule has 0 N–H and O–H groups in total. The maximum atomic E-state index is 6.41. The van der Waals surface area contributed by atoms with Crippen LogP contribution in [0.3, 0.4) is 0 Å². The van der Waals surface area contributed by atoms with Crippen molar-refractivity contribution in [1.82, 2.24) is 34.5 Å². The molecule has 0 fully saturated rings. The van der Waals surface area contributed by atoms with Crippen LogP contribution in [-0.2, 0) is 0 Å². The number of ether oxygens (including phenoxy) is 4. The van der Waals surface area contributed by atoms with Crippen molar-refractivity contribution in [3.05, 3.63) is 165 Å². The van der Waals surface area contributed by atoms with Crippen LogP contribution in [0.15, 0.2) is 165 Å². The van der Waals surface area contributed by atoms with Gasteiger partial charge in [-0.05, 0) is 91.0 Å². The van der Waals surface area contributed by atoms with Crippen LogP contribution < -0.4 is 18.9 Å². The number of benzene rings is 4. The highest BCUT2D eigenvalue weighted by molar-refractivity contribution is 6.09. The van der Waals surface area contributed by atoms with Crippen LogP contribution >= 0.6 is 0 Å². The molecule has 262 valence electrons. The van der Waals surface area contributed by atoms with Crippen molar-refractivity contribution in [3.63, 3.8) is 0 Å². The molecule has 11 heteroatoms. The maximum absolute atomic E-state index is 6.41. The molecule has 0 atom stereocenters. The first-order valence-corrected chi connectivity index (χ1v) is 17.4. The topological polar surface area (TPSA) is 119 Å². The van der Waals surface area contributed by atoms with Crippen molar-refractivity contribution in [2.75, 3.05) is 0 Å². The smallest absolute Gasteiger partial charge is 0.234 e. The lowest BCUT2D eigenvalue weighted by Crippen LogP contribution is -2.00. The Morgan fingerprint density at radius 2 is 0.782 bits per heavy atom. The molecule has 10 rings (SSSR count). The van der Waals surface area contributed by atoms with Crippen LogP contribution in [0.2, 0.25) is 0 Å². The molecule has 0 aliphatic carbocycles. The molecule has 4 aromatic carbocycles. The molecule has 55 heavy (non-hydrogen) atoms. The monoisotopic (exact) mass is 717 g/mol. The van der Waals surface area contributed by atoms with E-state index in [1.807, 2.05) is 126 Å². The molecule has 6 aromatic heterocycles. The highest BCUT2D eigenvalue weighted by Gasteiger charge is 2.17. The second kappa shape index (κ2) is 13.6. The minimum Gasteiger partial charge on any atom is -0.457 e. The zero-order valence-corrected chi connectivity index (χ0v) is 28.9. The predicted molar refractivity (Wildman–Crippen MR) is 209 cm³/mol. The van der Waals surface area contributed by atoms with Gasteiger partial charge < -0.3 is 18.9 Å². The number of hydrogen-bond acceptors (Lipinski definition) is 10. The van der Waals surface area contributed by atoms with Crippen molar-refractivity contribution in [2.45, 2.75) is 0 Å². The van der Waals surface area contributed by atoms with Crippen molar-refractivity contribution < 1.29 is 18.9 Å². The molecule has 0 bridgehead atoms. The summed E-state index contributed by atoms with van der Waals surface area (Å²) in [6, 6.07) is 39.9. The Bertz CT molecular complexity index is 2830. The van der Waals surface area contributed by atoms with Crippen LogP contribution in [0.25, 0.3) is 49.6 Å². The number of pyridine rings is 4. The minimum absolute atomic E-state index is 0.469. The lowest BCUT2D eigenvalue weighted by molar-refractivity contribution is 0.452. The van der Waals surface area contributed by atoms with Gasteiger partial charge in [0, 0.05) is 72.2 Å². The summed E-state index contributed by atoms with van der Waals surface area (Å²) in [4.78, 5) is 26.9. The lowest BCUT2D eigenvalue weighted by Gasteiger charge is -2.11. The summed E-state index contributed by atoms with van der Waals surface area (Å²) in [5, 5.41) is 3.64. The molecule has 0 unspecified atom stereocenters. The van der Waals surface area contributed by atoms with Gasteiger partial charge in [-0.2, -0.15) is 0 Å². The molecule has 0 saturated heterocycles. The van der Waals surface area contributed by atoms with E-state index in [0.29, 0.717) is 52.2 Å². The molecule has 0 aliphatic rings. The van der Waals surface area contributed by atoms with E-state index in [0.717, 1.165) is 43.6 Å². The highest BCUT2D eigenvalue weighted by atomic mass is 16.5. The van der Waals surface area contributed by atoms with Crippen molar-refractivity contribution >= 4 is 43.6 Å². The fraction of sp³-hybridized carbons (Fsp3) is 0. The van der Waals surface area contributed by atoms with Gasteiger partial charge in [0.2, 0.25) is 17.7 Å². The number of aromatic nitrogens is 7. The van der Waals surface area contributed by atoms with Crippen molar-refractivity contribution in [2.24, 2.45) is 0 Å². The van der Waals surface area contributed by atoms with Gasteiger partial charge in [0.1, 0.15) is 34.5 Å². The Morgan fingerprint density at radius 3 is 1.29 bits per heavy atom. The Hall–Kier alpha value is -7.92. The van der Waals surface area contributed by atoms with Crippen LogP contribution in [-0.4, -0.2) is 34.5 Å². The molecular formula is C44H27N7O4. The van der Waals surface area contributed by atoms with E-state index in [4.69, 9.17) is 18.9 Å². The van der Waals surface area contributed by atoms with Gasteiger partial charge in [-0.1, -0.05) is 12.1 Å². The fourth-order valence-corrected chi connectivity index (χ4v) is 6.54. The van der Waals surface area contributed by atoms with E-state index in [1.54, 1.807) is 43.2 Å². The van der Waals surface area contributed by atoms with Crippen LogP contribution in [0.5, 0.6) is 46.3 Å². The largest absolute Gasteiger partial charge is 0.457 e. The second-order valence-corrected chi connectivity index (χ2v) is 12.5. The third-order valence-corrected chi connectivity index (χ3v) is 8.96. The molecule has 6 heterocycles. The molecule has 10 aromatic rings. The summed E-state index contributed by atoms with van der Waals surface area (Å²) >= 11 is 0. The van der Waals surface area contributed by atoms with Crippen molar-refractivity contribution in [1.29, 1.82) is 0 Å². The first-order valence-electron chi connectivity index (χ1n) is 17.4. The molecule has 0 spiro atoms. The lowest BCUT2D eigenvalue weighted by atomic mass is 10.1. The van der Waals surface area contributed by atoms with Crippen LogP contribution in [0.1, 0.15) is 0 Å². The van der Waals surface area contributed by atoms with E-state index in [2.05, 4.69) is 29.9 Å². The molecule has 0 radical (unpaired) electrons. The van der Waals surface area contributed by atoms with Gasteiger partial charge in [0.05, 0.1) is 32.8 Å². The average molecular weight is 718 g/mol. The third kappa shape index (κ3) is 6.21. The molecule has 0 saturated carbocycles. The predicted octanol–water partition coefficient (Wildman–Crippen LogP) is 10.6. The molecular weight excluding hydrogens is 691 g/mol. The normalized spacial score (nSPS) is 11.3. The Morgan fingerprint density at radius 1 is 0.327 bits per heavy atom. The van der Waals surface area contributed by atoms with E-state index in [1.165, 1.54) is 0 Å². The van der Waals surface area contributed by atoms with Gasteiger partial charge in [0.25, 0.3) is 0 Å². The van der Waals surface area contributed by atoms with Gasteiger partial charge in [-0.25, -0.2) is 19.9 Å². The fourth-order valence-electron chi connectivity index (χ4n) is 6.54. The summed E-state index contributed by atoms with van der Waals surface area (Å²) < 4.78 is 27.2. The molecule has 0 amide bonds. The zero-order chi connectivity index (χ0) is 36.6. The molecule has 0 aliphatic heterocycles. The SMILES string of the molecule is c1cnc(-n2c3cc(Oc4cccc(Oc5nccc6ncccc56)c4)ccc3c3ccc(Oc4cccc(Oc5nccc6ncccc56)c4)cc32)nc1. The highest BCUT2D eigenvalue weighted by Crippen LogP contribution is 2.38. The first-order chi connectivity index (χ1) is 27.2. The van der Waals surface area contributed by atoms with Crippen molar-refractivity contribution in [3.8, 4) is 52.2 Å². The van der Waals surface area contributed by atoms with E-state index in [9.17, 15) is 0 Å². The summed E-state index contributed by atoms with van der Waals surface area (Å²) in [5.41, 5.74) is 3.33. The van der Waals surface area contributed by atoms with E-state index < -0.39 is 0 Å². The van der Waals surface area contributed by atoms with Gasteiger partial charge >= 0.3 is 0 Å². The third-order valence-electron chi connectivity index (χ3n) is 8.96. The Balaban J connectivity index is 0.966. The summed E-state index contributed by atoms with van der Waals surface area (Å²) in [5.74, 6) is 5.07. The van der Waals surface area contributed by atoms with Crippen LogP contribution in [0, 0.1) is 0 Å². The summed E-state index contributed by atoms with van der Waals surface area (Å²) in [7, 11) is 0. The van der Waals surface area contributed by atoms with Crippen LogP contribution in [0.4, 0.5) is 0 Å². The van der Waals surface area contributed by atoms with Gasteiger partial charge in [0.15, 0.2) is 0 Å². The van der Waals surface area contributed by atoms with E-state index in [-0.39, 0.29) is 0 Å². The number of rotatable bonds is 9. The Labute approximate surface area is 313 Å². The second-order valence-electron chi connectivity index (χ2n) is 12.5. The average Bonchev–Trinajstić information content (AvgIpc) is 3.54. The summed E-state index contributed by atoms with van der Waals surface area (Å²) in [6.45, 7) is 0. The van der Waals surface area contributed by atoms with Gasteiger partial charge in [-0.3, -0.25) is 14.5 Å². The maximum Gasteiger partial charge on any atom is 0.234 e. The first kappa shape index (κ1) is 31.8. The van der Waals surface area contributed by atoms with E-state index >= 15 is 0 Å². The van der Waals surface area contributed by atoms with Gasteiger partial charge in [-0.15, -0.1) is 0 Å². The zero-order valence-electron chi connectivity index (χ0n) is 28.9. The minimum atomic E-state index is 0.469.